The van der Waals surface area contributed by atoms with Gasteiger partial charge in [0.2, 0.25) is 0 Å². The molecule has 0 saturated heterocycles. The molecule has 12 heavy (non-hydrogen) atoms. The normalized spacial score (nSPS) is 11.3. The van der Waals surface area contributed by atoms with E-state index in [1.165, 1.54) is 11.1 Å². The summed E-state index contributed by atoms with van der Waals surface area (Å²) in [5.41, 5.74) is 2.45. The van der Waals surface area contributed by atoms with Gasteiger partial charge in [0.15, 0.2) is 0 Å². The second kappa shape index (κ2) is 4.45. The van der Waals surface area contributed by atoms with Crippen LogP contribution in [-0.2, 0) is 0 Å². The fraction of sp³-hybridized carbons (Fsp3) is 0.0909. The fourth-order valence-electron chi connectivity index (χ4n) is 1.10. The fourth-order valence-corrected chi connectivity index (χ4v) is 1.72. The molecular weight excluding hydrogens is 259 g/mol. The molecule has 0 saturated carbocycles. The molecule has 0 atom stereocenters. The third-order valence-electron chi connectivity index (χ3n) is 1.67. The maximum Gasteiger partial charge on any atom is 0.0133 e. The molecule has 1 aromatic carbocycles. The third-order valence-corrected chi connectivity index (χ3v) is 2.25. The van der Waals surface area contributed by atoms with Crippen molar-refractivity contribution in [1.82, 2.24) is 0 Å². The van der Waals surface area contributed by atoms with Crippen LogP contribution in [0, 0.1) is 0 Å². The van der Waals surface area contributed by atoms with Crippen LogP contribution in [0.4, 0.5) is 0 Å². The zero-order valence-corrected chi connectivity index (χ0v) is 9.21. The first kappa shape index (κ1) is 9.52. The number of halogens is 1. The average Bonchev–Trinajstić information content (AvgIpc) is 2.07. The maximum atomic E-state index is 3.92. The van der Waals surface area contributed by atoms with Gasteiger partial charge >= 0.3 is 0 Å². The van der Waals surface area contributed by atoms with E-state index in [9.17, 15) is 0 Å². The van der Waals surface area contributed by atoms with Gasteiger partial charge in [-0.2, -0.15) is 0 Å². The highest BCUT2D eigenvalue weighted by Crippen LogP contribution is 2.25. The first-order valence-corrected chi connectivity index (χ1v) is 4.90. The Labute approximate surface area is 87.1 Å². The SMILES string of the molecule is C=C(I)C(=CC)c1ccccc1. The lowest BCUT2D eigenvalue weighted by molar-refractivity contribution is 1.60. The summed E-state index contributed by atoms with van der Waals surface area (Å²) in [7, 11) is 0. The van der Waals surface area contributed by atoms with Crippen LogP contribution in [0.25, 0.3) is 5.57 Å². The molecule has 1 heteroatoms. The van der Waals surface area contributed by atoms with Crippen molar-refractivity contribution in [2.24, 2.45) is 0 Å². The van der Waals surface area contributed by atoms with Crippen LogP contribution in [0.15, 0.2) is 46.6 Å². The molecule has 0 bridgehead atoms. The Morgan fingerprint density at radius 3 is 2.33 bits per heavy atom. The highest BCUT2D eigenvalue weighted by atomic mass is 127. The molecule has 0 fully saturated rings. The molecule has 62 valence electrons. The van der Waals surface area contributed by atoms with Gasteiger partial charge in [-0.1, -0.05) is 43.0 Å². The van der Waals surface area contributed by atoms with Crippen molar-refractivity contribution in [3.05, 3.63) is 52.1 Å². The van der Waals surface area contributed by atoms with Crippen molar-refractivity contribution in [3.63, 3.8) is 0 Å². The van der Waals surface area contributed by atoms with Gasteiger partial charge < -0.3 is 0 Å². The first-order valence-electron chi connectivity index (χ1n) is 3.82. The second-order valence-corrected chi connectivity index (χ2v) is 3.78. The van der Waals surface area contributed by atoms with E-state index >= 15 is 0 Å². The molecule has 1 rings (SSSR count). The summed E-state index contributed by atoms with van der Waals surface area (Å²) >= 11 is 2.25. The maximum absolute atomic E-state index is 3.92. The molecule has 0 unspecified atom stereocenters. The van der Waals surface area contributed by atoms with Gasteiger partial charge in [-0.3, -0.25) is 0 Å². The van der Waals surface area contributed by atoms with E-state index in [0.717, 1.165) is 3.58 Å². The summed E-state index contributed by atoms with van der Waals surface area (Å²) in [6.45, 7) is 5.95. The number of hydrogen-bond donors (Lipinski definition) is 0. The van der Waals surface area contributed by atoms with Crippen molar-refractivity contribution in [1.29, 1.82) is 0 Å². The van der Waals surface area contributed by atoms with Crippen molar-refractivity contribution >= 4 is 28.2 Å². The summed E-state index contributed by atoms with van der Waals surface area (Å²) in [4.78, 5) is 0. The van der Waals surface area contributed by atoms with E-state index in [1.54, 1.807) is 0 Å². The average molecular weight is 270 g/mol. The van der Waals surface area contributed by atoms with Gasteiger partial charge in [0.05, 0.1) is 0 Å². The van der Waals surface area contributed by atoms with E-state index in [1.807, 2.05) is 25.1 Å². The predicted molar refractivity (Wildman–Crippen MR) is 63.3 cm³/mol. The quantitative estimate of drug-likeness (QED) is 0.562. The molecule has 0 N–H and O–H groups in total. The van der Waals surface area contributed by atoms with E-state index < -0.39 is 0 Å². The van der Waals surface area contributed by atoms with Crippen LogP contribution in [-0.4, -0.2) is 0 Å². The van der Waals surface area contributed by atoms with Crippen LogP contribution in [0.3, 0.4) is 0 Å². The number of allylic oxidation sites excluding steroid dienone is 3. The van der Waals surface area contributed by atoms with Crippen molar-refractivity contribution in [2.75, 3.05) is 0 Å². The van der Waals surface area contributed by atoms with E-state index in [-0.39, 0.29) is 0 Å². The zero-order chi connectivity index (χ0) is 8.97. The summed E-state index contributed by atoms with van der Waals surface area (Å²) in [6, 6.07) is 10.3. The minimum atomic E-state index is 1.08. The Morgan fingerprint density at radius 1 is 1.33 bits per heavy atom. The standard InChI is InChI=1S/C11H11I/c1-3-11(9(2)12)10-7-5-4-6-8-10/h3-8H,2H2,1H3. The molecule has 0 aromatic heterocycles. The molecule has 0 heterocycles. The molecule has 1 aromatic rings. The molecule has 0 amide bonds. The minimum Gasteiger partial charge on any atom is -0.0850 e. The molecule has 0 aliphatic carbocycles. The largest absolute Gasteiger partial charge is 0.0850 e. The summed E-state index contributed by atoms with van der Waals surface area (Å²) < 4.78 is 1.08. The van der Waals surface area contributed by atoms with Crippen LogP contribution >= 0.6 is 22.6 Å². The van der Waals surface area contributed by atoms with Crippen LogP contribution in [0.1, 0.15) is 12.5 Å². The van der Waals surface area contributed by atoms with Gasteiger partial charge in [-0.05, 0) is 40.7 Å². The lowest BCUT2D eigenvalue weighted by Crippen LogP contribution is -1.81. The topological polar surface area (TPSA) is 0 Å². The number of hydrogen-bond acceptors (Lipinski definition) is 0. The lowest BCUT2D eigenvalue weighted by atomic mass is 10.1. The highest BCUT2D eigenvalue weighted by Gasteiger charge is 1.99. The monoisotopic (exact) mass is 270 g/mol. The van der Waals surface area contributed by atoms with E-state index in [4.69, 9.17) is 0 Å². The van der Waals surface area contributed by atoms with Gasteiger partial charge in [-0.15, -0.1) is 0 Å². The van der Waals surface area contributed by atoms with Crippen LogP contribution in [0.2, 0.25) is 0 Å². The Kier molecular flexibility index (Phi) is 3.53. The van der Waals surface area contributed by atoms with Crippen LogP contribution in [0.5, 0.6) is 0 Å². The lowest BCUT2D eigenvalue weighted by Gasteiger charge is -2.03. The minimum absolute atomic E-state index is 1.08. The molecule has 0 nitrogen and oxygen atoms in total. The van der Waals surface area contributed by atoms with Gasteiger partial charge in [0.1, 0.15) is 0 Å². The van der Waals surface area contributed by atoms with E-state index in [0.29, 0.717) is 0 Å². The van der Waals surface area contributed by atoms with Crippen molar-refractivity contribution < 1.29 is 0 Å². The third kappa shape index (κ3) is 2.21. The second-order valence-electron chi connectivity index (χ2n) is 2.47. The smallest absolute Gasteiger partial charge is 0.0133 e. The predicted octanol–water partition coefficient (Wildman–Crippen LogP) is 4.04. The Morgan fingerprint density at radius 2 is 1.92 bits per heavy atom. The summed E-state index contributed by atoms with van der Waals surface area (Å²) in [5, 5.41) is 0. The summed E-state index contributed by atoms with van der Waals surface area (Å²) in [6.07, 6.45) is 2.09. The van der Waals surface area contributed by atoms with Crippen LogP contribution < -0.4 is 0 Å². The Bertz CT molecular complexity index is 296. The summed E-state index contributed by atoms with van der Waals surface area (Å²) in [5.74, 6) is 0. The van der Waals surface area contributed by atoms with Crippen molar-refractivity contribution in [2.45, 2.75) is 6.92 Å². The zero-order valence-electron chi connectivity index (χ0n) is 7.05. The van der Waals surface area contributed by atoms with Gasteiger partial charge in [-0.25, -0.2) is 0 Å². The number of benzene rings is 1. The highest BCUT2D eigenvalue weighted by molar-refractivity contribution is 14.1. The molecule has 0 aliphatic heterocycles. The molecule has 0 radical (unpaired) electrons. The van der Waals surface area contributed by atoms with Gasteiger partial charge in [0, 0.05) is 3.58 Å². The Hall–Kier alpha value is -0.570. The Balaban J connectivity index is 3.05. The molecule has 0 aliphatic rings. The van der Waals surface area contributed by atoms with Gasteiger partial charge in [0.25, 0.3) is 0 Å². The van der Waals surface area contributed by atoms with Crippen molar-refractivity contribution in [3.8, 4) is 0 Å². The van der Waals surface area contributed by atoms with E-state index in [2.05, 4.69) is 47.4 Å². The molecule has 0 spiro atoms. The first-order chi connectivity index (χ1) is 5.75. The molecular formula is C11H11I. The number of rotatable bonds is 2.